The molecule has 1 aliphatic heterocycles. The predicted octanol–water partition coefficient (Wildman–Crippen LogP) is 2.17. The second-order valence-corrected chi connectivity index (χ2v) is 5.92. The van der Waals surface area contributed by atoms with Gasteiger partial charge in [0, 0.05) is 32.1 Å². The van der Waals surface area contributed by atoms with Crippen LogP contribution in [-0.4, -0.2) is 36.0 Å². The maximum Gasteiger partial charge on any atom is 0.219 e. The Morgan fingerprint density at radius 1 is 1.12 bits per heavy atom. The molecular formula is C14H26N2O. The van der Waals surface area contributed by atoms with Crippen molar-refractivity contribution in [2.24, 2.45) is 5.92 Å². The highest BCUT2D eigenvalue weighted by atomic mass is 16.2. The third-order valence-electron chi connectivity index (χ3n) is 4.35. The van der Waals surface area contributed by atoms with Crippen LogP contribution in [0.4, 0.5) is 0 Å². The van der Waals surface area contributed by atoms with Gasteiger partial charge in [-0.1, -0.05) is 19.8 Å². The quantitative estimate of drug-likeness (QED) is 0.799. The van der Waals surface area contributed by atoms with Gasteiger partial charge in [-0.05, 0) is 31.6 Å². The maximum absolute atomic E-state index is 11.2. The number of likely N-dealkylation sites (tertiary alicyclic amines) is 1. The SMILES string of the molecule is CC(=O)N1CCC(NC2CCCC(C)C2)CC1. The smallest absolute Gasteiger partial charge is 0.219 e. The molecular weight excluding hydrogens is 212 g/mol. The van der Waals surface area contributed by atoms with E-state index in [9.17, 15) is 4.79 Å². The van der Waals surface area contributed by atoms with Crippen molar-refractivity contribution in [3.63, 3.8) is 0 Å². The molecule has 3 nitrogen and oxygen atoms in total. The average molecular weight is 238 g/mol. The van der Waals surface area contributed by atoms with Gasteiger partial charge in [0.2, 0.25) is 5.91 Å². The monoisotopic (exact) mass is 238 g/mol. The van der Waals surface area contributed by atoms with Gasteiger partial charge < -0.3 is 10.2 Å². The fraction of sp³-hybridized carbons (Fsp3) is 0.929. The molecule has 2 aliphatic rings. The highest BCUT2D eigenvalue weighted by Crippen LogP contribution is 2.24. The van der Waals surface area contributed by atoms with Gasteiger partial charge in [-0.25, -0.2) is 0 Å². The van der Waals surface area contributed by atoms with E-state index in [0.717, 1.165) is 37.9 Å². The summed E-state index contributed by atoms with van der Waals surface area (Å²) in [6, 6.07) is 1.37. The second kappa shape index (κ2) is 5.85. The Bertz CT molecular complexity index is 259. The third kappa shape index (κ3) is 3.70. The van der Waals surface area contributed by atoms with Crippen LogP contribution in [0.3, 0.4) is 0 Å². The largest absolute Gasteiger partial charge is 0.343 e. The summed E-state index contributed by atoms with van der Waals surface area (Å²) in [6.45, 7) is 5.92. The van der Waals surface area contributed by atoms with Crippen molar-refractivity contribution in [2.75, 3.05) is 13.1 Å². The average Bonchev–Trinajstić information content (AvgIpc) is 2.29. The fourth-order valence-electron chi connectivity index (χ4n) is 3.28. The first-order chi connectivity index (χ1) is 8.15. The van der Waals surface area contributed by atoms with Gasteiger partial charge >= 0.3 is 0 Å². The Hall–Kier alpha value is -0.570. The minimum Gasteiger partial charge on any atom is -0.343 e. The van der Waals surface area contributed by atoms with Crippen LogP contribution < -0.4 is 5.32 Å². The van der Waals surface area contributed by atoms with Gasteiger partial charge in [-0.2, -0.15) is 0 Å². The highest BCUT2D eigenvalue weighted by Gasteiger charge is 2.25. The van der Waals surface area contributed by atoms with E-state index in [0.29, 0.717) is 6.04 Å². The van der Waals surface area contributed by atoms with Gasteiger partial charge in [0.15, 0.2) is 0 Å². The Kier molecular flexibility index (Phi) is 4.43. The van der Waals surface area contributed by atoms with Crippen molar-refractivity contribution < 1.29 is 4.79 Å². The first-order valence-electron chi connectivity index (χ1n) is 7.16. The number of amides is 1. The lowest BCUT2D eigenvalue weighted by Crippen LogP contribution is -2.48. The molecule has 0 bridgehead atoms. The zero-order chi connectivity index (χ0) is 12.3. The maximum atomic E-state index is 11.2. The third-order valence-corrected chi connectivity index (χ3v) is 4.35. The predicted molar refractivity (Wildman–Crippen MR) is 69.8 cm³/mol. The first-order valence-corrected chi connectivity index (χ1v) is 7.16. The van der Waals surface area contributed by atoms with Gasteiger partial charge in [-0.15, -0.1) is 0 Å². The molecule has 3 heteroatoms. The molecule has 1 amide bonds. The number of hydrogen-bond donors (Lipinski definition) is 1. The van der Waals surface area contributed by atoms with E-state index in [1.807, 2.05) is 4.90 Å². The molecule has 1 heterocycles. The molecule has 1 saturated heterocycles. The lowest BCUT2D eigenvalue weighted by molar-refractivity contribution is -0.129. The molecule has 1 N–H and O–H groups in total. The summed E-state index contributed by atoms with van der Waals surface area (Å²) < 4.78 is 0. The molecule has 0 aromatic rings. The minimum atomic E-state index is 0.231. The highest BCUT2D eigenvalue weighted by molar-refractivity contribution is 5.73. The molecule has 0 aromatic carbocycles. The van der Waals surface area contributed by atoms with E-state index < -0.39 is 0 Å². The summed E-state index contributed by atoms with van der Waals surface area (Å²) in [5, 5.41) is 3.81. The number of rotatable bonds is 2. The Labute approximate surface area is 105 Å². The fourth-order valence-corrected chi connectivity index (χ4v) is 3.28. The molecule has 17 heavy (non-hydrogen) atoms. The van der Waals surface area contributed by atoms with E-state index in [4.69, 9.17) is 0 Å². The molecule has 2 unspecified atom stereocenters. The molecule has 98 valence electrons. The van der Waals surface area contributed by atoms with Gasteiger partial charge in [0.05, 0.1) is 0 Å². The number of piperidine rings is 1. The molecule has 2 rings (SSSR count). The zero-order valence-electron chi connectivity index (χ0n) is 11.2. The van der Waals surface area contributed by atoms with E-state index in [2.05, 4.69) is 12.2 Å². The van der Waals surface area contributed by atoms with Crippen molar-refractivity contribution in [3.8, 4) is 0 Å². The van der Waals surface area contributed by atoms with Crippen LogP contribution in [0.25, 0.3) is 0 Å². The van der Waals surface area contributed by atoms with Crippen molar-refractivity contribution in [2.45, 2.75) is 64.5 Å². The second-order valence-electron chi connectivity index (χ2n) is 5.92. The molecule has 0 aromatic heterocycles. The van der Waals surface area contributed by atoms with Crippen molar-refractivity contribution in [3.05, 3.63) is 0 Å². The van der Waals surface area contributed by atoms with Crippen molar-refractivity contribution >= 4 is 5.91 Å². The van der Waals surface area contributed by atoms with E-state index in [1.165, 1.54) is 25.7 Å². The summed E-state index contributed by atoms with van der Waals surface area (Å²) in [4.78, 5) is 13.2. The van der Waals surface area contributed by atoms with Crippen LogP contribution in [-0.2, 0) is 4.79 Å². The topological polar surface area (TPSA) is 32.3 Å². The van der Waals surface area contributed by atoms with Crippen LogP contribution in [0.15, 0.2) is 0 Å². The lowest BCUT2D eigenvalue weighted by atomic mass is 9.86. The van der Waals surface area contributed by atoms with Crippen molar-refractivity contribution in [1.82, 2.24) is 10.2 Å². The number of hydrogen-bond acceptors (Lipinski definition) is 2. The molecule has 2 fully saturated rings. The van der Waals surface area contributed by atoms with Gasteiger partial charge in [0.1, 0.15) is 0 Å². The molecule has 1 aliphatic carbocycles. The normalized spacial score (nSPS) is 31.5. The molecule has 0 spiro atoms. The Balaban J connectivity index is 1.72. The van der Waals surface area contributed by atoms with Crippen LogP contribution in [0.5, 0.6) is 0 Å². The molecule has 2 atom stereocenters. The first kappa shape index (κ1) is 12.9. The van der Waals surface area contributed by atoms with E-state index in [1.54, 1.807) is 6.92 Å². The van der Waals surface area contributed by atoms with Crippen LogP contribution in [0, 0.1) is 5.92 Å². The van der Waals surface area contributed by atoms with Gasteiger partial charge in [-0.3, -0.25) is 4.79 Å². The summed E-state index contributed by atoms with van der Waals surface area (Å²) >= 11 is 0. The summed E-state index contributed by atoms with van der Waals surface area (Å²) in [7, 11) is 0. The molecule has 0 radical (unpaired) electrons. The summed E-state index contributed by atoms with van der Waals surface area (Å²) in [5.74, 6) is 1.12. The number of carbonyl (C=O) groups excluding carboxylic acids is 1. The summed E-state index contributed by atoms with van der Waals surface area (Å²) in [6.07, 6.45) is 7.73. The zero-order valence-corrected chi connectivity index (χ0v) is 11.2. The standard InChI is InChI=1S/C14H26N2O/c1-11-4-3-5-14(10-11)15-13-6-8-16(9-7-13)12(2)17/h11,13-15H,3-10H2,1-2H3. The number of nitrogens with zero attached hydrogens (tertiary/aromatic N) is 1. The number of carbonyl (C=O) groups is 1. The van der Waals surface area contributed by atoms with E-state index in [-0.39, 0.29) is 5.91 Å². The lowest BCUT2D eigenvalue weighted by Gasteiger charge is -2.36. The van der Waals surface area contributed by atoms with Crippen LogP contribution in [0.2, 0.25) is 0 Å². The minimum absolute atomic E-state index is 0.231. The van der Waals surface area contributed by atoms with Gasteiger partial charge in [0.25, 0.3) is 0 Å². The van der Waals surface area contributed by atoms with Crippen LogP contribution in [0.1, 0.15) is 52.4 Å². The molecule has 1 saturated carbocycles. The Morgan fingerprint density at radius 2 is 1.82 bits per heavy atom. The van der Waals surface area contributed by atoms with Crippen molar-refractivity contribution in [1.29, 1.82) is 0 Å². The number of nitrogens with one attached hydrogen (secondary N) is 1. The summed E-state index contributed by atoms with van der Waals surface area (Å²) in [5.41, 5.74) is 0. The Morgan fingerprint density at radius 3 is 2.41 bits per heavy atom. The van der Waals surface area contributed by atoms with E-state index >= 15 is 0 Å². The van der Waals surface area contributed by atoms with Crippen LogP contribution >= 0.6 is 0 Å².